The maximum Gasteiger partial charge on any atom is 0.343 e. The Kier molecular flexibility index (Phi) is 7.52. The Morgan fingerprint density at radius 1 is 0.694 bits per heavy atom. The lowest BCUT2D eigenvalue weighted by Gasteiger charge is -2.11. The van der Waals surface area contributed by atoms with Crippen LogP contribution >= 0.6 is 0 Å². The van der Waals surface area contributed by atoms with Gasteiger partial charge in [-0.3, -0.25) is 0 Å². The highest BCUT2D eigenvalue weighted by Crippen LogP contribution is 2.26. The molecule has 0 spiro atoms. The van der Waals surface area contributed by atoms with Crippen LogP contribution < -0.4 is 14.3 Å². The van der Waals surface area contributed by atoms with Crippen molar-refractivity contribution in [1.29, 1.82) is 0 Å². The van der Waals surface area contributed by atoms with Crippen LogP contribution in [0.4, 0.5) is 0 Å². The van der Waals surface area contributed by atoms with Gasteiger partial charge in [0.05, 0.1) is 22.2 Å². The van der Waals surface area contributed by atoms with Gasteiger partial charge in [-0.2, -0.15) is 13.5 Å². The lowest BCUT2D eigenvalue weighted by Crippen LogP contribution is -2.18. The lowest BCUT2D eigenvalue weighted by atomic mass is 10.2. The SMILES string of the molecule is O=C(Oc1ccc(/C=N\NS(=O)(=O)c2ccccc2)c(OC(=O)c2ccccc2)c1)c1ccccc1. The highest BCUT2D eigenvalue weighted by Gasteiger charge is 2.15. The van der Waals surface area contributed by atoms with Crippen molar-refractivity contribution in [2.24, 2.45) is 5.10 Å². The molecule has 0 amide bonds. The lowest BCUT2D eigenvalue weighted by molar-refractivity contribution is 0.0732. The van der Waals surface area contributed by atoms with Crippen molar-refractivity contribution in [3.63, 3.8) is 0 Å². The number of esters is 2. The predicted molar refractivity (Wildman–Crippen MR) is 134 cm³/mol. The number of rotatable bonds is 8. The highest BCUT2D eigenvalue weighted by molar-refractivity contribution is 7.89. The van der Waals surface area contributed by atoms with Gasteiger partial charge in [0.1, 0.15) is 11.5 Å². The number of hydrogen-bond donors (Lipinski definition) is 1. The number of ether oxygens (including phenoxy) is 2. The number of nitrogens with zero attached hydrogens (tertiary/aromatic N) is 1. The second-order valence-electron chi connectivity index (χ2n) is 7.38. The molecule has 0 aliphatic carbocycles. The van der Waals surface area contributed by atoms with E-state index in [0.717, 1.165) is 0 Å². The summed E-state index contributed by atoms with van der Waals surface area (Å²) in [7, 11) is -3.89. The maximum absolute atomic E-state index is 12.7. The van der Waals surface area contributed by atoms with Crippen LogP contribution in [-0.2, 0) is 10.0 Å². The first kappa shape index (κ1) is 24.4. The van der Waals surface area contributed by atoms with Crippen molar-refractivity contribution in [3.8, 4) is 11.5 Å². The maximum atomic E-state index is 12.7. The van der Waals surface area contributed by atoms with E-state index >= 15 is 0 Å². The molecule has 9 heteroatoms. The minimum atomic E-state index is -3.89. The van der Waals surface area contributed by atoms with Crippen LogP contribution in [0.25, 0.3) is 0 Å². The van der Waals surface area contributed by atoms with Crippen molar-refractivity contribution < 1.29 is 27.5 Å². The van der Waals surface area contributed by atoms with Crippen LogP contribution in [0.3, 0.4) is 0 Å². The fourth-order valence-corrected chi connectivity index (χ4v) is 3.88. The molecule has 0 saturated heterocycles. The number of carbonyl (C=O) groups is 2. The molecule has 4 aromatic rings. The molecule has 0 heterocycles. The third-order valence-corrected chi connectivity index (χ3v) is 6.09. The van der Waals surface area contributed by atoms with Crippen LogP contribution in [0, 0.1) is 0 Å². The van der Waals surface area contributed by atoms with Crippen molar-refractivity contribution >= 4 is 28.2 Å². The van der Waals surface area contributed by atoms with E-state index in [1.807, 2.05) is 0 Å². The molecule has 0 aromatic heterocycles. The zero-order chi connectivity index (χ0) is 25.4. The molecule has 0 unspecified atom stereocenters. The van der Waals surface area contributed by atoms with Crippen LogP contribution in [0.2, 0.25) is 0 Å². The van der Waals surface area contributed by atoms with E-state index < -0.39 is 22.0 Å². The molecule has 0 bridgehead atoms. The number of benzene rings is 4. The summed E-state index contributed by atoms with van der Waals surface area (Å²) in [4.78, 5) is 27.3. The Morgan fingerprint density at radius 3 is 1.81 bits per heavy atom. The standard InChI is InChI=1S/C27H20N2O6S/c30-26(20-10-4-1-5-11-20)34-23-17-16-22(19-28-29-36(32,33)24-14-8-3-9-15-24)25(18-23)35-27(31)21-12-6-2-7-13-21/h1-19,29H/b28-19-. The summed E-state index contributed by atoms with van der Waals surface area (Å²) >= 11 is 0. The molecule has 180 valence electrons. The van der Waals surface area contributed by atoms with Gasteiger partial charge in [-0.05, 0) is 48.5 Å². The molecule has 36 heavy (non-hydrogen) atoms. The van der Waals surface area contributed by atoms with Gasteiger partial charge in [0.2, 0.25) is 0 Å². The Morgan fingerprint density at radius 2 is 1.22 bits per heavy atom. The van der Waals surface area contributed by atoms with Gasteiger partial charge in [0.15, 0.2) is 0 Å². The normalized spacial score (nSPS) is 11.1. The van der Waals surface area contributed by atoms with E-state index in [1.165, 1.54) is 36.5 Å². The summed E-state index contributed by atoms with van der Waals surface area (Å²) in [6.45, 7) is 0. The quantitative estimate of drug-likeness (QED) is 0.166. The van der Waals surface area contributed by atoms with E-state index in [2.05, 4.69) is 9.93 Å². The van der Waals surface area contributed by atoms with Gasteiger partial charge in [-0.15, -0.1) is 0 Å². The number of carbonyl (C=O) groups excluding carboxylic acids is 2. The van der Waals surface area contributed by atoms with E-state index in [9.17, 15) is 18.0 Å². The van der Waals surface area contributed by atoms with E-state index in [1.54, 1.807) is 78.9 Å². The third-order valence-electron chi connectivity index (χ3n) is 4.85. The van der Waals surface area contributed by atoms with E-state index in [0.29, 0.717) is 11.1 Å². The molecule has 0 radical (unpaired) electrons. The molecule has 0 atom stereocenters. The first-order chi connectivity index (χ1) is 17.4. The summed E-state index contributed by atoms with van der Waals surface area (Å²) in [6.07, 6.45) is 1.19. The van der Waals surface area contributed by atoms with Crippen LogP contribution in [-0.4, -0.2) is 26.6 Å². The molecule has 0 aliphatic rings. The van der Waals surface area contributed by atoms with Gasteiger partial charge >= 0.3 is 11.9 Å². The third kappa shape index (κ3) is 6.22. The average Bonchev–Trinajstić information content (AvgIpc) is 2.91. The summed E-state index contributed by atoms with van der Waals surface area (Å²) in [6, 6.07) is 28.8. The van der Waals surface area contributed by atoms with E-state index in [4.69, 9.17) is 9.47 Å². The molecular weight excluding hydrogens is 480 g/mol. The van der Waals surface area contributed by atoms with Gasteiger partial charge in [-0.25, -0.2) is 14.4 Å². The number of hydrazone groups is 1. The smallest absolute Gasteiger partial charge is 0.343 e. The summed E-state index contributed by atoms with van der Waals surface area (Å²) in [5.74, 6) is -1.10. The van der Waals surface area contributed by atoms with Crippen LogP contribution in [0.15, 0.2) is 119 Å². The highest BCUT2D eigenvalue weighted by atomic mass is 32.2. The Balaban J connectivity index is 1.59. The zero-order valence-electron chi connectivity index (χ0n) is 18.8. The fourth-order valence-electron chi connectivity index (χ4n) is 3.06. The molecular formula is C27H20N2O6S. The predicted octanol–water partition coefficient (Wildman–Crippen LogP) is 4.44. The number of nitrogens with one attached hydrogen (secondary N) is 1. The minimum absolute atomic E-state index is 0.0184. The Labute approximate surface area is 207 Å². The second kappa shape index (κ2) is 11.1. The van der Waals surface area contributed by atoms with Gasteiger partial charge in [0, 0.05) is 11.6 Å². The molecule has 8 nitrogen and oxygen atoms in total. The molecule has 4 rings (SSSR count). The monoisotopic (exact) mass is 500 g/mol. The topological polar surface area (TPSA) is 111 Å². The van der Waals surface area contributed by atoms with E-state index in [-0.39, 0.29) is 22.0 Å². The fraction of sp³-hybridized carbons (Fsp3) is 0. The molecule has 4 aromatic carbocycles. The van der Waals surface area contributed by atoms with Crippen molar-refractivity contribution in [2.45, 2.75) is 4.90 Å². The minimum Gasteiger partial charge on any atom is -0.423 e. The Bertz CT molecular complexity index is 1490. The Hall–Kier alpha value is -4.76. The van der Waals surface area contributed by atoms with Gasteiger partial charge < -0.3 is 9.47 Å². The summed E-state index contributed by atoms with van der Waals surface area (Å²) in [5, 5.41) is 3.81. The average molecular weight is 501 g/mol. The van der Waals surface area contributed by atoms with Gasteiger partial charge in [0.25, 0.3) is 10.0 Å². The largest absolute Gasteiger partial charge is 0.423 e. The molecule has 0 saturated carbocycles. The zero-order valence-corrected chi connectivity index (χ0v) is 19.6. The second-order valence-corrected chi connectivity index (χ2v) is 9.04. The molecule has 0 fully saturated rings. The first-order valence-corrected chi connectivity index (χ1v) is 12.2. The number of sulfonamides is 1. The first-order valence-electron chi connectivity index (χ1n) is 10.7. The van der Waals surface area contributed by atoms with Crippen LogP contribution in [0.1, 0.15) is 26.3 Å². The van der Waals surface area contributed by atoms with Crippen molar-refractivity contribution in [2.75, 3.05) is 0 Å². The summed E-state index contributed by atoms with van der Waals surface area (Å²) in [5.41, 5.74) is 0.924. The van der Waals surface area contributed by atoms with Crippen molar-refractivity contribution in [1.82, 2.24) is 4.83 Å². The molecule has 0 aliphatic heterocycles. The number of hydrogen-bond acceptors (Lipinski definition) is 7. The van der Waals surface area contributed by atoms with Gasteiger partial charge in [-0.1, -0.05) is 54.6 Å². The van der Waals surface area contributed by atoms with Crippen LogP contribution in [0.5, 0.6) is 11.5 Å². The molecule has 1 N–H and O–H groups in total. The summed E-state index contributed by atoms with van der Waals surface area (Å²) < 4.78 is 35.8. The van der Waals surface area contributed by atoms with Crippen molar-refractivity contribution in [3.05, 3.63) is 126 Å².